The number of aliphatic hydroxyl groups is 1. The lowest BCUT2D eigenvalue weighted by Crippen LogP contribution is -2.43. The summed E-state index contributed by atoms with van der Waals surface area (Å²) in [4.78, 5) is 37.3. The zero-order valence-electron chi connectivity index (χ0n) is 20.1. The van der Waals surface area contributed by atoms with E-state index in [0.717, 1.165) is 22.0 Å². The molecule has 3 rings (SSSR count). The van der Waals surface area contributed by atoms with Crippen LogP contribution in [0.25, 0.3) is 0 Å². The quantitative estimate of drug-likeness (QED) is 0.224. The molecule has 0 saturated carbocycles. The highest BCUT2D eigenvalue weighted by Gasteiger charge is 2.54. The van der Waals surface area contributed by atoms with Crippen molar-refractivity contribution in [3.05, 3.63) is 63.4 Å². The first kappa shape index (κ1) is 28.6. The van der Waals surface area contributed by atoms with Gasteiger partial charge in [0, 0.05) is 17.2 Å². The number of hydrogen-bond acceptors (Lipinski definition) is 9. The molecular weight excluding hydrogens is 533 g/mol. The van der Waals surface area contributed by atoms with Gasteiger partial charge in [-0.05, 0) is 51.2 Å². The second kappa shape index (κ2) is 11.6. The summed E-state index contributed by atoms with van der Waals surface area (Å²) < 4.78 is 31.6. The molecule has 36 heavy (non-hydrogen) atoms. The van der Waals surface area contributed by atoms with Gasteiger partial charge in [0.05, 0.1) is 12.7 Å². The van der Waals surface area contributed by atoms with Crippen LogP contribution in [-0.4, -0.2) is 56.5 Å². The van der Waals surface area contributed by atoms with E-state index in [2.05, 4.69) is 10.1 Å². The van der Waals surface area contributed by atoms with Gasteiger partial charge in [-0.2, -0.15) is 0 Å². The van der Waals surface area contributed by atoms with Gasteiger partial charge in [0.25, 0.3) is 5.56 Å². The molecule has 1 saturated heterocycles. The van der Waals surface area contributed by atoms with Crippen molar-refractivity contribution in [2.45, 2.75) is 68.0 Å². The Hall–Kier alpha value is -1.92. The van der Waals surface area contributed by atoms with E-state index < -0.39 is 53.3 Å². The van der Waals surface area contributed by atoms with Crippen LogP contribution in [0.2, 0.25) is 0 Å². The van der Waals surface area contributed by atoms with Gasteiger partial charge in [-0.15, -0.1) is 11.6 Å². The number of halogens is 1. The highest BCUT2D eigenvalue weighted by molar-refractivity contribution is 8.56. The fourth-order valence-corrected chi connectivity index (χ4v) is 7.60. The number of H-pyrrole nitrogens is 1. The van der Waals surface area contributed by atoms with Crippen LogP contribution in [0.15, 0.2) is 57.1 Å². The maximum absolute atomic E-state index is 13.8. The van der Waals surface area contributed by atoms with E-state index in [0.29, 0.717) is 4.90 Å². The fourth-order valence-electron chi connectivity index (χ4n) is 3.47. The first-order valence-electron chi connectivity index (χ1n) is 11.1. The number of alkyl halides is 1. The van der Waals surface area contributed by atoms with Gasteiger partial charge in [-0.3, -0.25) is 23.7 Å². The Labute approximate surface area is 216 Å². The molecule has 1 aromatic heterocycles. The number of rotatable bonds is 10. The molecule has 0 unspecified atom stereocenters. The summed E-state index contributed by atoms with van der Waals surface area (Å²) in [5.41, 5.74) is -1.36. The van der Waals surface area contributed by atoms with Crippen LogP contribution in [0.3, 0.4) is 0 Å². The van der Waals surface area contributed by atoms with E-state index in [1.165, 1.54) is 20.0 Å². The summed E-state index contributed by atoms with van der Waals surface area (Å²) >= 11 is 7.44. The van der Waals surface area contributed by atoms with Crippen LogP contribution in [0, 0.1) is 0 Å². The van der Waals surface area contributed by atoms with Crippen molar-refractivity contribution in [2.24, 2.45) is 0 Å². The van der Waals surface area contributed by atoms with Gasteiger partial charge < -0.3 is 19.1 Å². The molecule has 0 radical (unpaired) electrons. The summed E-state index contributed by atoms with van der Waals surface area (Å²) in [5.74, 6) is -0.606. The van der Waals surface area contributed by atoms with Crippen molar-refractivity contribution in [3.8, 4) is 0 Å². The van der Waals surface area contributed by atoms with Gasteiger partial charge in [0.2, 0.25) is 0 Å². The van der Waals surface area contributed by atoms with E-state index >= 15 is 0 Å². The van der Waals surface area contributed by atoms with Crippen molar-refractivity contribution in [3.63, 3.8) is 0 Å². The number of ether oxygens (including phenoxy) is 2. The average Bonchev–Trinajstić information content (AvgIpc) is 3.01. The van der Waals surface area contributed by atoms with Gasteiger partial charge in [-0.25, -0.2) is 9.88 Å². The van der Waals surface area contributed by atoms with Crippen LogP contribution in [0.5, 0.6) is 0 Å². The lowest BCUT2D eigenvalue weighted by molar-refractivity contribution is -0.149. The molecule has 198 valence electrons. The fraction of sp³-hybridized carbons (Fsp3) is 0.500. The monoisotopic (exact) mass is 561 g/mol. The third-order valence-electron chi connectivity index (χ3n) is 5.26. The van der Waals surface area contributed by atoms with Gasteiger partial charge in [0.15, 0.2) is 6.23 Å². The van der Waals surface area contributed by atoms with E-state index in [9.17, 15) is 24.1 Å². The predicted molar refractivity (Wildman–Crippen MR) is 135 cm³/mol. The number of aliphatic hydroxyl groups excluding tert-OH is 1. The Morgan fingerprint density at radius 1 is 1.31 bits per heavy atom. The lowest BCUT2D eigenvalue weighted by Gasteiger charge is -2.26. The van der Waals surface area contributed by atoms with E-state index in [1.54, 1.807) is 44.2 Å². The number of nitrogens with zero attached hydrogens (tertiary/aromatic N) is 1. The molecule has 1 aliphatic heterocycles. The number of hydrogen-bond donors (Lipinski definition) is 3. The van der Waals surface area contributed by atoms with E-state index in [1.807, 2.05) is 0 Å². The Kier molecular flexibility index (Phi) is 9.26. The van der Waals surface area contributed by atoms with Crippen molar-refractivity contribution < 1.29 is 28.5 Å². The maximum atomic E-state index is 13.8. The van der Waals surface area contributed by atoms with Crippen molar-refractivity contribution in [2.75, 3.05) is 6.61 Å². The maximum Gasteiger partial charge on any atom is 0.332 e. The number of carbonyl (C=O) groups is 1. The molecule has 0 bridgehead atoms. The number of aromatic amines is 1. The molecule has 2 heterocycles. The Balaban J connectivity index is 1.80. The van der Waals surface area contributed by atoms with Crippen LogP contribution in [-0.2, 0) is 23.4 Å². The minimum atomic E-state index is -3.81. The SMILES string of the molecule is CC(C)OC(=O)[C@H](C)N[P@](=O)(OC[C@H]1O[C@@H](n2ccc(=O)[nH]c2=O)[C@](C)(Cl)[C@@H]1O)Sc1ccccc1. The molecule has 0 spiro atoms. The largest absolute Gasteiger partial charge is 0.462 e. The number of aromatic nitrogens is 2. The molecule has 3 N–H and O–H groups in total. The molecule has 0 aliphatic carbocycles. The second-order valence-corrected chi connectivity index (χ2v) is 13.6. The van der Waals surface area contributed by atoms with Crippen molar-refractivity contribution >= 4 is 35.7 Å². The zero-order chi connectivity index (χ0) is 26.7. The third-order valence-corrected chi connectivity index (χ3v) is 9.57. The molecule has 14 heteroatoms. The first-order valence-corrected chi connectivity index (χ1v) is 14.6. The molecule has 1 aliphatic rings. The minimum absolute atomic E-state index is 0.361. The Morgan fingerprint density at radius 2 is 1.97 bits per heavy atom. The Bertz CT molecular complexity index is 1220. The summed E-state index contributed by atoms with van der Waals surface area (Å²) in [6.07, 6.45) is -2.72. The standard InChI is InChI=1S/C22H29ClN3O8PS/c1-13(2)33-19(29)14(3)25-35(31,36-15-8-6-5-7-9-15)32-12-16-18(28)22(4,23)20(34-16)26-11-10-17(27)24-21(26)30/h5-11,13-14,16,18,20,28H,12H2,1-4H3,(H,25,31)(H,24,27,30)/t14-,16+,18+,20+,22+,35-/m0/s1. The van der Waals surface area contributed by atoms with Crippen LogP contribution >= 0.6 is 29.7 Å². The topological polar surface area (TPSA) is 149 Å². The van der Waals surface area contributed by atoms with Gasteiger partial charge in [0.1, 0.15) is 23.1 Å². The molecular formula is C22H29ClN3O8PS. The Morgan fingerprint density at radius 3 is 2.58 bits per heavy atom. The summed E-state index contributed by atoms with van der Waals surface area (Å²) in [7, 11) is 0. The molecule has 6 atom stereocenters. The smallest absolute Gasteiger partial charge is 0.332 e. The van der Waals surface area contributed by atoms with Gasteiger partial charge >= 0.3 is 18.4 Å². The second-order valence-electron chi connectivity index (χ2n) is 8.67. The molecule has 1 fully saturated rings. The summed E-state index contributed by atoms with van der Waals surface area (Å²) in [6.45, 7) is 2.19. The van der Waals surface area contributed by atoms with E-state index in [-0.39, 0.29) is 12.7 Å². The molecule has 0 amide bonds. The van der Waals surface area contributed by atoms with Crippen LogP contribution in [0.1, 0.15) is 33.9 Å². The molecule has 1 aromatic carbocycles. The minimum Gasteiger partial charge on any atom is -0.462 e. The number of nitrogens with one attached hydrogen (secondary N) is 2. The van der Waals surface area contributed by atoms with E-state index in [4.69, 9.17) is 25.6 Å². The lowest BCUT2D eigenvalue weighted by atomic mass is 10.0. The predicted octanol–water partition coefficient (Wildman–Crippen LogP) is 2.64. The first-order chi connectivity index (χ1) is 16.8. The normalized spacial score (nSPS) is 26.5. The van der Waals surface area contributed by atoms with Crippen LogP contribution in [0.4, 0.5) is 0 Å². The third kappa shape index (κ3) is 6.89. The number of carbonyl (C=O) groups excluding carboxylic acids is 1. The van der Waals surface area contributed by atoms with Crippen LogP contribution < -0.4 is 16.3 Å². The highest BCUT2D eigenvalue weighted by atomic mass is 35.5. The van der Waals surface area contributed by atoms with Crippen molar-refractivity contribution in [1.82, 2.24) is 14.6 Å². The number of benzene rings is 1. The number of esters is 1. The molecule has 11 nitrogen and oxygen atoms in total. The summed E-state index contributed by atoms with van der Waals surface area (Å²) in [5, 5.41) is 13.6. The molecule has 2 aromatic rings. The highest BCUT2D eigenvalue weighted by Crippen LogP contribution is 2.60. The van der Waals surface area contributed by atoms with Gasteiger partial charge in [-0.1, -0.05) is 18.2 Å². The summed E-state index contributed by atoms with van der Waals surface area (Å²) in [6, 6.07) is 8.95. The average molecular weight is 562 g/mol. The van der Waals surface area contributed by atoms with Crippen molar-refractivity contribution in [1.29, 1.82) is 0 Å². The zero-order valence-corrected chi connectivity index (χ0v) is 22.6.